The highest BCUT2D eigenvalue weighted by Crippen LogP contribution is 2.15. The standard InChI is InChI=1S/C25H23NO8/c1-15-5-9-17(10-6-15)24(30)33-20(22(27)26-14-19-4-3-13-32-19)21(23(28)29)34-25(31)18-11-7-16(2)8-12-18/h3-13,20-21H,14H2,1-2H3,(H,26,27)(H,28,29)/t20-,21+/m1/s1. The van der Waals surface area contributed by atoms with Crippen LogP contribution in [0.5, 0.6) is 0 Å². The Morgan fingerprint density at radius 1 is 0.824 bits per heavy atom. The van der Waals surface area contributed by atoms with E-state index in [1.54, 1.807) is 36.4 Å². The van der Waals surface area contributed by atoms with E-state index in [1.807, 2.05) is 13.8 Å². The van der Waals surface area contributed by atoms with Gasteiger partial charge in [-0.25, -0.2) is 14.4 Å². The van der Waals surface area contributed by atoms with Gasteiger partial charge in [0, 0.05) is 0 Å². The first-order valence-corrected chi connectivity index (χ1v) is 10.3. The molecule has 3 rings (SSSR count). The highest BCUT2D eigenvalue weighted by atomic mass is 16.6. The lowest BCUT2D eigenvalue weighted by Crippen LogP contribution is -2.50. The molecule has 1 amide bonds. The van der Waals surface area contributed by atoms with Gasteiger partial charge in [-0.05, 0) is 50.2 Å². The summed E-state index contributed by atoms with van der Waals surface area (Å²) < 4.78 is 15.5. The third kappa shape index (κ3) is 6.32. The summed E-state index contributed by atoms with van der Waals surface area (Å²) in [5.74, 6) is -4.17. The summed E-state index contributed by atoms with van der Waals surface area (Å²) in [7, 11) is 0. The van der Waals surface area contributed by atoms with Crippen LogP contribution in [0, 0.1) is 13.8 Å². The lowest BCUT2D eigenvalue weighted by Gasteiger charge is -2.23. The van der Waals surface area contributed by atoms with Crippen LogP contribution in [-0.4, -0.2) is 41.1 Å². The molecule has 0 aliphatic carbocycles. The molecule has 9 heteroatoms. The highest BCUT2D eigenvalue weighted by molar-refractivity contribution is 5.96. The number of furan rings is 1. The van der Waals surface area contributed by atoms with Crippen molar-refractivity contribution in [3.63, 3.8) is 0 Å². The third-order valence-corrected chi connectivity index (χ3v) is 4.84. The van der Waals surface area contributed by atoms with Crippen molar-refractivity contribution >= 4 is 23.8 Å². The second-order valence-corrected chi connectivity index (χ2v) is 7.52. The van der Waals surface area contributed by atoms with Crippen LogP contribution < -0.4 is 5.32 Å². The van der Waals surface area contributed by atoms with Crippen LogP contribution in [0.2, 0.25) is 0 Å². The maximum Gasteiger partial charge on any atom is 0.349 e. The average Bonchev–Trinajstić information content (AvgIpc) is 3.34. The Hall–Kier alpha value is -4.40. The van der Waals surface area contributed by atoms with E-state index in [4.69, 9.17) is 13.9 Å². The minimum Gasteiger partial charge on any atom is -0.478 e. The number of nitrogens with one attached hydrogen (secondary N) is 1. The molecule has 2 N–H and O–H groups in total. The van der Waals surface area contributed by atoms with E-state index in [0.29, 0.717) is 5.76 Å². The number of carbonyl (C=O) groups is 4. The van der Waals surface area contributed by atoms with Crippen LogP contribution in [0.3, 0.4) is 0 Å². The Morgan fingerprint density at radius 3 is 1.76 bits per heavy atom. The Bertz CT molecular complexity index is 1150. The van der Waals surface area contributed by atoms with Crippen LogP contribution in [0.15, 0.2) is 71.3 Å². The summed E-state index contributed by atoms with van der Waals surface area (Å²) in [5.41, 5.74) is 1.95. The number of carbonyl (C=O) groups excluding carboxylic acids is 3. The number of amides is 1. The number of rotatable bonds is 9. The molecule has 3 aromatic rings. The molecule has 2 atom stereocenters. The van der Waals surface area contributed by atoms with Crippen LogP contribution in [-0.2, 0) is 25.6 Å². The molecular formula is C25H23NO8. The fourth-order valence-corrected chi connectivity index (χ4v) is 2.93. The number of ether oxygens (including phenoxy) is 2. The summed E-state index contributed by atoms with van der Waals surface area (Å²) in [4.78, 5) is 50.1. The van der Waals surface area contributed by atoms with E-state index >= 15 is 0 Å². The molecule has 0 fully saturated rings. The van der Waals surface area contributed by atoms with E-state index in [1.165, 1.54) is 30.5 Å². The van der Waals surface area contributed by atoms with Gasteiger partial charge in [-0.15, -0.1) is 0 Å². The second kappa shape index (κ2) is 11.0. The maximum atomic E-state index is 12.9. The molecule has 9 nitrogen and oxygen atoms in total. The van der Waals surface area contributed by atoms with Gasteiger partial charge in [-0.1, -0.05) is 35.4 Å². The first kappa shape index (κ1) is 24.2. The molecule has 1 heterocycles. The molecule has 0 saturated carbocycles. The number of carboxylic acids is 1. The topological polar surface area (TPSA) is 132 Å². The van der Waals surface area contributed by atoms with Crippen molar-refractivity contribution in [2.45, 2.75) is 32.6 Å². The molecule has 0 spiro atoms. The van der Waals surface area contributed by atoms with E-state index in [9.17, 15) is 24.3 Å². The molecule has 1 aromatic heterocycles. The first-order valence-electron chi connectivity index (χ1n) is 10.3. The molecular weight excluding hydrogens is 442 g/mol. The molecule has 2 aromatic carbocycles. The molecule has 0 aliphatic rings. The van der Waals surface area contributed by atoms with Gasteiger partial charge in [0.25, 0.3) is 5.91 Å². The maximum absolute atomic E-state index is 12.9. The van der Waals surface area contributed by atoms with Crippen LogP contribution in [0.4, 0.5) is 0 Å². The quantitative estimate of drug-likeness (QED) is 0.461. The minimum absolute atomic E-state index is 0.0801. The van der Waals surface area contributed by atoms with Gasteiger partial charge in [0.1, 0.15) is 5.76 Å². The SMILES string of the molecule is Cc1ccc(C(=O)O[C@H](C(=O)O)[C@@H](OC(=O)c2ccc(C)cc2)C(=O)NCc2ccco2)cc1. The average molecular weight is 465 g/mol. The molecule has 0 radical (unpaired) electrons. The summed E-state index contributed by atoms with van der Waals surface area (Å²) >= 11 is 0. The van der Waals surface area contributed by atoms with E-state index < -0.39 is 36.0 Å². The lowest BCUT2D eigenvalue weighted by atomic mass is 10.1. The number of aryl methyl sites for hydroxylation is 2. The monoisotopic (exact) mass is 465 g/mol. The van der Waals surface area contributed by atoms with Crippen molar-refractivity contribution in [3.05, 3.63) is 94.9 Å². The van der Waals surface area contributed by atoms with Crippen LogP contribution in [0.1, 0.15) is 37.6 Å². The third-order valence-electron chi connectivity index (χ3n) is 4.84. The van der Waals surface area contributed by atoms with Gasteiger partial charge in [0.2, 0.25) is 12.2 Å². The Morgan fingerprint density at radius 2 is 1.32 bits per heavy atom. The predicted molar refractivity (Wildman–Crippen MR) is 119 cm³/mol. The Balaban J connectivity index is 1.84. The summed E-state index contributed by atoms with van der Waals surface area (Å²) in [6.07, 6.45) is -2.66. The highest BCUT2D eigenvalue weighted by Gasteiger charge is 2.41. The summed E-state index contributed by atoms with van der Waals surface area (Å²) in [5, 5.41) is 12.2. The van der Waals surface area contributed by atoms with Crippen molar-refractivity contribution in [2.75, 3.05) is 0 Å². The van der Waals surface area contributed by atoms with Gasteiger partial charge in [0.15, 0.2) is 0 Å². The smallest absolute Gasteiger partial charge is 0.349 e. The van der Waals surface area contributed by atoms with Gasteiger partial charge >= 0.3 is 17.9 Å². The van der Waals surface area contributed by atoms with Gasteiger partial charge in [-0.2, -0.15) is 0 Å². The number of aliphatic carboxylic acids is 1. The number of carboxylic acid groups (broad SMARTS) is 1. The number of benzene rings is 2. The van der Waals surface area contributed by atoms with Crippen LogP contribution >= 0.6 is 0 Å². The van der Waals surface area contributed by atoms with Crippen LogP contribution in [0.25, 0.3) is 0 Å². The van der Waals surface area contributed by atoms with Crippen molar-refractivity contribution in [1.82, 2.24) is 5.32 Å². The molecule has 0 saturated heterocycles. The molecule has 34 heavy (non-hydrogen) atoms. The largest absolute Gasteiger partial charge is 0.478 e. The Labute approximate surface area is 195 Å². The van der Waals surface area contributed by atoms with E-state index in [-0.39, 0.29) is 17.7 Å². The normalized spacial score (nSPS) is 12.3. The van der Waals surface area contributed by atoms with E-state index in [0.717, 1.165) is 11.1 Å². The first-order chi connectivity index (χ1) is 16.2. The molecule has 0 unspecified atom stereocenters. The molecule has 0 aliphatic heterocycles. The van der Waals surface area contributed by atoms with Gasteiger partial charge in [0.05, 0.1) is 23.9 Å². The van der Waals surface area contributed by atoms with Gasteiger partial charge in [-0.3, -0.25) is 4.79 Å². The van der Waals surface area contributed by atoms with Gasteiger partial charge < -0.3 is 24.3 Å². The lowest BCUT2D eigenvalue weighted by molar-refractivity contribution is -0.159. The van der Waals surface area contributed by atoms with E-state index in [2.05, 4.69) is 5.32 Å². The second-order valence-electron chi connectivity index (χ2n) is 7.52. The number of hydrogen-bond donors (Lipinski definition) is 2. The molecule has 176 valence electrons. The zero-order chi connectivity index (χ0) is 24.7. The zero-order valence-electron chi connectivity index (χ0n) is 18.5. The van der Waals surface area contributed by atoms with Crippen molar-refractivity contribution in [2.24, 2.45) is 0 Å². The summed E-state index contributed by atoms with van der Waals surface area (Å²) in [6, 6.07) is 15.7. The number of hydrogen-bond acceptors (Lipinski definition) is 7. The fourth-order valence-electron chi connectivity index (χ4n) is 2.93. The van der Waals surface area contributed by atoms with Crippen molar-refractivity contribution < 1.29 is 38.2 Å². The Kier molecular flexibility index (Phi) is 7.81. The number of esters is 2. The molecule has 0 bridgehead atoms. The summed E-state index contributed by atoms with van der Waals surface area (Å²) in [6.45, 7) is 3.55. The van der Waals surface area contributed by atoms with Crippen molar-refractivity contribution in [1.29, 1.82) is 0 Å². The fraction of sp³-hybridized carbons (Fsp3) is 0.200. The van der Waals surface area contributed by atoms with Crippen molar-refractivity contribution in [3.8, 4) is 0 Å². The zero-order valence-corrected chi connectivity index (χ0v) is 18.5. The minimum atomic E-state index is -2.10. The predicted octanol–water partition coefficient (Wildman–Crippen LogP) is 3.05.